The molecule has 1 aromatic heterocycles. The first kappa shape index (κ1) is 12.3. The molecule has 1 aliphatic carbocycles. The molecule has 0 aromatic carbocycles. The number of nitrogens with zero attached hydrogens (tertiary/aromatic N) is 1. The van der Waals surface area contributed by atoms with E-state index in [1.807, 2.05) is 12.1 Å². The highest BCUT2D eigenvalue weighted by atomic mass is 32.1. The molecule has 3 nitrogen and oxygen atoms in total. The third-order valence-electron chi connectivity index (χ3n) is 3.35. The lowest BCUT2D eigenvalue weighted by Crippen LogP contribution is -2.28. The molecule has 17 heavy (non-hydrogen) atoms. The maximum atomic E-state index is 5.70. The zero-order chi connectivity index (χ0) is 12.3. The molecule has 1 aromatic rings. The number of pyridine rings is 1. The van der Waals surface area contributed by atoms with E-state index in [1.165, 1.54) is 25.7 Å². The van der Waals surface area contributed by atoms with Crippen molar-refractivity contribution in [2.75, 3.05) is 5.32 Å². The van der Waals surface area contributed by atoms with Gasteiger partial charge in [-0.25, -0.2) is 4.98 Å². The van der Waals surface area contributed by atoms with Gasteiger partial charge in [0.15, 0.2) is 0 Å². The van der Waals surface area contributed by atoms with E-state index in [2.05, 4.69) is 17.2 Å². The van der Waals surface area contributed by atoms with Crippen LogP contribution in [0.25, 0.3) is 0 Å². The molecule has 0 aliphatic heterocycles. The summed E-state index contributed by atoms with van der Waals surface area (Å²) in [6.07, 6.45) is 6.80. The lowest BCUT2D eigenvalue weighted by atomic mass is 9.87. The SMILES string of the molecule is CC1CCCC(Nc2ncccc2C(N)=S)C1. The Bertz CT molecular complexity index is 405. The van der Waals surface area contributed by atoms with Crippen molar-refractivity contribution in [3.63, 3.8) is 0 Å². The van der Waals surface area contributed by atoms with Crippen LogP contribution in [0, 0.1) is 5.92 Å². The molecular weight excluding hydrogens is 230 g/mol. The summed E-state index contributed by atoms with van der Waals surface area (Å²) in [4.78, 5) is 4.75. The number of aromatic nitrogens is 1. The molecule has 2 rings (SSSR count). The number of nitrogens with one attached hydrogen (secondary N) is 1. The Morgan fingerprint density at radius 3 is 3.06 bits per heavy atom. The van der Waals surface area contributed by atoms with Crippen molar-refractivity contribution in [3.8, 4) is 0 Å². The Morgan fingerprint density at radius 1 is 1.53 bits per heavy atom. The lowest BCUT2D eigenvalue weighted by molar-refractivity contribution is 0.358. The normalized spacial score (nSPS) is 24.3. The Labute approximate surface area is 108 Å². The summed E-state index contributed by atoms with van der Waals surface area (Å²) in [7, 11) is 0. The summed E-state index contributed by atoms with van der Waals surface area (Å²) in [5.74, 6) is 1.62. The zero-order valence-corrected chi connectivity index (χ0v) is 11.0. The second-order valence-electron chi connectivity index (χ2n) is 4.88. The highest BCUT2D eigenvalue weighted by Crippen LogP contribution is 2.26. The van der Waals surface area contributed by atoms with E-state index in [4.69, 9.17) is 18.0 Å². The topological polar surface area (TPSA) is 50.9 Å². The number of hydrogen-bond acceptors (Lipinski definition) is 3. The van der Waals surface area contributed by atoms with Crippen LogP contribution < -0.4 is 11.1 Å². The van der Waals surface area contributed by atoms with E-state index in [0.29, 0.717) is 11.0 Å². The van der Waals surface area contributed by atoms with Crippen molar-refractivity contribution in [1.82, 2.24) is 4.98 Å². The largest absolute Gasteiger partial charge is 0.389 e. The van der Waals surface area contributed by atoms with Crippen molar-refractivity contribution < 1.29 is 0 Å². The van der Waals surface area contributed by atoms with E-state index >= 15 is 0 Å². The average molecular weight is 249 g/mol. The third-order valence-corrected chi connectivity index (χ3v) is 3.57. The molecule has 0 amide bonds. The van der Waals surface area contributed by atoms with Gasteiger partial charge in [-0.2, -0.15) is 0 Å². The van der Waals surface area contributed by atoms with Gasteiger partial charge in [0.25, 0.3) is 0 Å². The van der Waals surface area contributed by atoms with Gasteiger partial charge in [-0.1, -0.05) is 32.0 Å². The van der Waals surface area contributed by atoms with E-state index in [0.717, 1.165) is 17.3 Å². The van der Waals surface area contributed by atoms with Gasteiger partial charge in [0.2, 0.25) is 0 Å². The van der Waals surface area contributed by atoms with Crippen LogP contribution in [-0.2, 0) is 0 Å². The van der Waals surface area contributed by atoms with E-state index in [1.54, 1.807) is 6.20 Å². The van der Waals surface area contributed by atoms with Gasteiger partial charge in [0.05, 0.1) is 5.56 Å². The minimum atomic E-state index is 0.407. The molecule has 2 atom stereocenters. The monoisotopic (exact) mass is 249 g/mol. The molecule has 1 saturated carbocycles. The zero-order valence-electron chi connectivity index (χ0n) is 10.1. The molecule has 0 saturated heterocycles. The molecular formula is C13H19N3S. The molecule has 2 unspecified atom stereocenters. The van der Waals surface area contributed by atoms with E-state index in [-0.39, 0.29) is 0 Å². The Balaban J connectivity index is 2.10. The fourth-order valence-corrected chi connectivity index (χ4v) is 2.64. The quantitative estimate of drug-likeness (QED) is 0.809. The molecule has 0 bridgehead atoms. The van der Waals surface area contributed by atoms with E-state index < -0.39 is 0 Å². The summed E-state index contributed by atoms with van der Waals surface area (Å²) in [6.45, 7) is 2.31. The molecule has 1 heterocycles. The van der Waals surface area contributed by atoms with Crippen LogP contribution in [0.2, 0.25) is 0 Å². The fraction of sp³-hybridized carbons (Fsp3) is 0.538. The van der Waals surface area contributed by atoms with Crippen molar-refractivity contribution in [2.45, 2.75) is 38.6 Å². The standard InChI is InChI=1S/C13H19N3S/c1-9-4-2-5-10(8-9)16-13-11(12(14)17)6-3-7-15-13/h3,6-7,9-10H,2,4-5,8H2,1H3,(H2,14,17)(H,15,16). The molecule has 3 N–H and O–H groups in total. The Hall–Kier alpha value is -1.16. The van der Waals surface area contributed by atoms with Crippen LogP contribution in [0.3, 0.4) is 0 Å². The second-order valence-corrected chi connectivity index (χ2v) is 5.32. The average Bonchev–Trinajstić information content (AvgIpc) is 2.29. The highest BCUT2D eigenvalue weighted by molar-refractivity contribution is 7.80. The van der Waals surface area contributed by atoms with Crippen molar-refractivity contribution in [1.29, 1.82) is 0 Å². The van der Waals surface area contributed by atoms with Gasteiger partial charge in [-0.15, -0.1) is 0 Å². The summed E-state index contributed by atoms with van der Waals surface area (Å²) in [5, 5.41) is 3.48. The van der Waals surface area contributed by atoms with Crippen molar-refractivity contribution in [3.05, 3.63) is 23.9 Å². The van der Waals surface area contributed by atoms with Crippen molar-refractivity contribution >= 4 is 23.0 Å². The maximum Gasteiger partial charge on any atom is 0.136 e. The van der Waals surface area contributed by atoms with Crippen LogP contribution in [0.4, 0.5) is 5.82 Å². The highest BCUT2D eigenvalue weighted by Gasteiger charge is 2.20. The third kappa shape index (κ3) is 3.16. The number of nitrogens with two attached hydrogens (primary N) is 1. The van der Waals surface area contributed by atoms with Crippen LogP contribution in [-0.4, -0.2) is 16.0 Å². The molecule has 1 aliphatic rings. The number of rotatable bonds is 3. The summed E-state index contributed by atoms with van der Waals surface area (Å²) >= 11 is 5.04. The lowest BCUT2D eigenvalue weighted by Gasteiger charge is -2.28. The molecule has 4 heteroatoms. The number of anilines is 1. The van der Waals surface area contributed by atoms with Crippen LogP contribution in [0.15, 0.2) is 18.3 Å². The van der Waals surface area contributed by atoms with Gasteiger partial charge in [0.1, 0.15) is 10.8 Å². The van der Waals surface area contributed by atoms with Crippen LogP contribution in [0.1, 0.15) is 38.2 Å². The minimum absolute atomic E-state index is 0.407. The molecule has 0 radical (unpaired) electrons. The Kier molecular flexibility index (Phi) is 3.94. The second kappa shape index (κ2) is 5.45. The first-order valence-corrected chi connectivity index (χ1v) is 6.59. The van der Waals surface area contributed by atoms with Gasteiger partial charge < -0.3 is 11.1 Å². The summed E-state index contributed by atoms with van der Waals surface area (Å²) < 4.78 is 0. The predicted octanol–water partition coefficient (Wildman–Crippen LogP) is 2.71. The maximum absolute atomic E-state index is 5.70. The van der Waals surface area contributed by atoms with Crippen LogP contribution >= 0.6 is 12.2 Å². The van der Waals surface area contributed by atoms with Gasteiger partial charge >= 0.3 is 0 Å². The van der Waals surface area contributed by atoms with E-state index in [9.17, 15) is 0 Å². The first-order chi connectivity index (χ1) is 8.16. The Morgan fingerprint density at radius 2 is 2.35 bits per heavy atom. The molecule has 1 fully saturated rings. The van der Waals surface area contributed by atoms with Gasteiger partial charge in [-0.3, -0.25) is 0 Å². The summed E-state index contributed by atoms with van der Waals surface area (Å²) in [5.41, 5.74) is 6.55. The number of hydrogen-bond donors (Lipinski definition) is 2. The van der Waals surface area contributed by atoms with Crippen LogP contribution in [0.5, 0.6) is 0 Å². The molecule has 0 spiro atoms. The summed E-state index contributed by atoms with van der Waals surface area (Å²) in [6, 6.07) is 4.29. The van der Waals surface area contributed by atoms with Gasteiger partial charge in [0, 0.05) is 12.2 Å². The predicted molar refractivity (Wildman–Crippen MR) is 75.2 cm³/mol. The van der Waals surface area contributed by atoms with Gasteiger partial charge in [-0.05, 0) is 30.9 Å². The van der Waals surface area contributed by atoms with Crippen molar-refractivity contribution in [2.24, 2.45) is 11.7 Å². The molecule has 92 valence electrons. The number of thiocarbonyl (C=S) groups is 1. The minimum Gasteiger partial charge on any atom is -0.389 e. The smallest absolute Gasteiger partial charge is 0.136 e. The first-order valence-electron chi connectivity index (χ1n) is 6.18. The fourth-order valence-electron chi connectivity index (χ4n) is 2.48.